The van der Waals surface area contributed by atoms with Crippen molar-refractivity contribution in [1.82, 2.24) is 0 Å². The normalized spacial score (nSPS) is 16.0. The number of quaternary nitrogens is 1. The second-order valence-corrected chi connectivity index (χ2v) is 3.87. The lowest BCUT2D eigenvalue weighted by Gasteiger charge is -2.33. The van der Waals surface area contributed by atoms with E-state index in [0.717, 1.165) is 11.0 Å². The minimum Gasteiger partial charge on any atom is -0.391 e. The first-order valence-corrected chi connectivity index (χ1v) is 5.13. The average Bonchev–Trinajstić information content (AvgIpc) is 2.02. The van der Waals surface area contributed by atoms with Crippen molar-refractivity contribution in [2.45, 2.75) is 33.1 Å². The van der Waals surface area contributed by atoms with Gasteiger partial charge >= 0.3 is 0 Å². The zero-order valence-corrected chi connectivity index (χ0v) is 8.84. The minimum atomic E-state index is 0.320. The number of aliphatic hydroxyl groups is 1. The Morgan fingerprint density at radius 3 is 2.08 bits per heavy atom. The molecule has 0 fully saturated rings. The maximum atomic E-state index is 8.91. The number of rotatable bonds is 7. The summed E-state index contributed by atoms with van der Waals surface area (Å²) in [6, 6.07) is 0. The SMILES string of the molecule is CCCC[N@@+](C)(CCC)CCO. The lowest BCUT2D eigenvalue weighted by molar-refractivity contribution is -0.910. The molecule has 2 heteroatoms. The fraction of sp³-hybridized carbons (Fsp3) is 1.00. The summed E-state index contributed by atoms with van der Waals surface area (Å²) in [6.07, 6.45) is 3.74. The molecule has 0 aliphatic heterocycles. The summed E-state index contributed by atoms with van der Waals surface area (Å²) in [7, 11) is 2.25. The Labute approximate surface area is 76.8 Å². The molecule has 0 heterocycles. The molecule has 0 aromatic heterocycles. The molecule has 0 bridgehead atoms. The third-order valence-corrected chi connectivity index (χ3v) is 2.45. The molecule has 0 aromatic rings. The number of unbranched alkanes of at least 4 members (excludes halogenated alkanes) is 1. The largest absolute Gasteiger partial charge is 0.391 e. The Morgan fingerprint density at radius 2 is 1.67 bits per heavy atom. The molecule has 0 rings (SSSR count). The summed E-state index contributed by atoms with van der Waals surface area (Å²) in [5, 5.41) is 8.91. The minimum absolute atomic E-state index is 0.320. The van der Waals surface area contributed by atoms with Crippen LogP contribution in [0.3, 0.4) is 0 Å². The molecule has 74 valence electrons. The smallest absolute Gasteiger partial charge is 0.102 e. The third kappa shape index (κ3) is 4.73. The van der Waals surface area contributed by atoms with E-state index in [0.29, 0.717) is 6.61 Å². The van der Waals surface area contributed by atoms with E-state index in [1.165, 1.54) is 32.4 Å². The molecular weight excluding hydrogens is 150 g/mol. The summed E-state index contributed by atoms with van der Waals surface area (Å²) >= 11 is 0. The molecule has 0 saturated carbocycles. The van der Waals surface area contributed by atoms with Gasteiger partial charge in [-0.05, 0) is 12.8 Å². The van der Waals surface area contributed by atoms with E-state index in [-0.39, 0.29) is 0 Å². The van der Waals surface area contributed by atoms with E-state index in [2.05, 4.69) is 20.9 Å². The molecule has 0 saturated heterocycles. The van der Waals surface area contributed by atoms with E-state index >= 15 is 0 Å². The molecule has 0 aliphatic rings. The summed E-state index contributed by atoms with van der Waals surface area (Å²) < 4.78 is 1.04. The fourth-order valence-electron chi connectivity index (χ4n) is 1.66. The predicted octanol–water partition coefficient (Wildman–Crippen LogP) is 1.64. The Bertz CT molecular complexity index is 98.0. The van der Waals surface area contributed by atoms with Crippen molar-refractivity contribution in [2.24, 2.45) is 0 Å². The zero-order valence-electron chi connectivity index (χ0n) is 8.84. The van der Waals surface area contributed by atoms with E-state index in [4.69, 9.17) is 5.11 Å². The second-order valence-electron chi connectivity index (χ2n) is 3.87. The second kappa shape index (κ2) is 6.44. The highest BCUT2D eigenvalue weighted by atomic mass is 16.3. The van der Waals surface area contributed by atoms with Gasteiger partial charge < -0.3 is 9.59 Å². The van der Waals surface area contributed by atoms with Crippen LogP contribution in [0.15, 0.2) is 0 Å². The van der Waals surface area contributed by atoms with Crippen molar-refractivity contribution in [3.63, 3.8) is 0 Å². The van der Waals surface area contributed by atoms with Gasteiger partial charge in [-0.15, -0.1) is 0 Å². The molecule has 0 aromatic carbocycles. The van der Waals surface area contributed by atoms with Crippen LogP contribution in [0.25, 0.3) is 0 Å². The van der Waals surface area contributed by atoms with Crippen molar-refractivity contribution in [3.8, 4) is 0 Å². The van der Waals surface area contributed by atoms with Gasteiger partial charge in [0.25, 0.3) is 0 Å². The molecule has 0 unspecified atom stereocenters. The highest BCUT2D eigenvalue weighted by molar-refractivity contribution is 4.40. The fourth-order valence-corrected chi connectivity index (χ4v) is 1.66. The van der Waals surface area contributed by atoms with Gasteiger partial charge in [-0.1, -0.05) is 20.3 Å². The first kappa shape index (κ1) is 11.9. The number of hydrogen-bond acceptors (Lipinski definition) is 1. The van der Waals surface area contributed by atoms with E-state index in [1.807, 2.05) is 0 Å². The van der Waals surface area contributed by atoms with Gasteiger partial charge in [-0.2, -0.15) is 0 Å². The predicted molar refractivity (Wildman–Crippen MR) is 53.1 cm³/mol. The van der Waals surface area contributed by atoms with Crippen LogP contribution >= 0.6 is 0 Å². The van der Waals surface area contributed by atoms with Crippen LogP contribution in [0, 0.1) is 0 Å². The molecule has 12 heavy (non-hydrogen) atoms. The quantitative estimate of drug-likeness (QED) is 0.582. The Hall–Kier alpha value is -0.0800. The van der Waals surface area contributed by atoms with Crippen LogP contribution in [0.2, 0.25) is 0 Å². The van der Waals surface area contributed by atoms with Crippen LogP contribution in [-0.4, -0.2) is 42.9 Å². The van der Waals surface area contributed by atoms with Gasteiger partial charge in [0.1, 0.15) is 6.54 Å². The van der Waals surface area contributed by atoms with Crippen molar-refractivity contribution in [1.29, 1.82) is 0 Å². The van der Waals surface area contributed by atoms with Crippen molar-refractivity contribution < 1.29 is 9.59 Å². The molecule has 1 N–H and O–H groups in total. The maximum Gasteiger partial charge on any atom is 0.102 e. The van der Waals surface area contributed by atoms with Gasteiger partial charge in [-0.3, -0.25) is 0 Å². The topological polar surface area (TPSA) is 20.2 Å². The lowest BCUT2D eigenvalue weighted by Crippen LogP contribution is -2.47. The number of nitrogens with zero attached hydrogens (tertiary/aromatic N) is 1. The highest BCUT2D eigenvalue weighted by Gasteiger charge is 2.18. The molecule has 1 atom stereocenters. The number of aliphatic hydroxyl groups excluding tert-OH is 1. The molecule has 0 aliphatic carbocycles. The standard InChI is InChI=1S/C10H24NO/c1-4-6-8-11(3,7-5-2)9-10-12/h12H,4-10H2,1-3H3/q+1/t11-/m1/s1. The monoisotopic (exact) mass is 174 g/mol. The van der Waals surface area contributed by atoms with Crippen molar-refractivity contribution in [2.75, 3.05) is 33.3 Å². The molecule has 2 nitrogen and oxygen atoms in total. The highest BCUT2D eigenvalue weighted by Crippen LogP contribution is 2.06. The molecule has 0 amide bonds. The van der Waals surface area contributed by atoms with Gasteiger partial charge in [0.15, 0.2) is 0 Å². The van der Waals surface area contributed by atoms with Gasteiger partial charge in [-0.25, -0.2) is 0 Å². The third-order valence-electron chi connectivity index (χ3n) is 2.45. The number of hydrogen-bond donors (Lipinski definition) is 1. The van der Waals surface area contributed by atoms with E-state index < -0.39 is 0 Å². The molecular formula is C10H24NO+. The van der Waals surface area contributed by atoms with Crippen LogP contribution in [0.1, 0.15) is 33.1 Å². The van der Waals surface area contributed by atoms with Crippen LogP contribution in [0.5, 0.6) is 0 Å². The Balaban J connectivity index is 3.80. The van der Waals surface area contributed by atoms with Crippen molar-refractivity contribution in [3.05, 3.63) is 0 Å². The van der Waals surface area contributed by atoms with Crippen LogP contribution in [-0.2, 0) is 0 Å². The maximum absolute atomic E-state index is 8.91. The first-order chi connectivity index (χ1) is 5.68. The van der Waals surface area contributed by atoms with Gasteiger partial charge in [0.05, 0.1) is 26.7 Å². The van der Waals surface area contributed by atoms with Gasteiger partial charge in [0.2, 0.25) is 0 Å². The molecule has 0 radical (unpaired) electrons. The van der Waals surface area contributed by atoms with Crippen LogP contribution < -0.4 is 0 Å². The summed E-state index contributed by atoms with van der Waals surface area (Å²) in [5.41, 5.74) is 0. The Kier molecular flexibility index (Phi) is 6.39. The first-order valence-electron chi connectivity index (χ1n) is 5.13. The summed E-state index contributed by atoms with van der Waals surface area (Å²) in [5.74, 6) is 0. The van der Waals surface area contributed by atoms with Gasteiger partial charge in [0, 0.05) is 0 Å². The van der Waals surface area contributed by atoms with E-state index in [1.54, 1.807) is 0 Å². The average molecular weight is 174 g/mol. The van der Waals surface area contributed by atoms with Crippen LogP contribution in [0.4, 0.5) is 0 Å². The number of likely N-dealkylation sites (N-methyl/N-ethyl adjacent to an activating group) is 1. The summed E-state index contributed by atoms with van der Waals surface area (Å²) in [6.45, 7) is 8.06. The van der Waals surface area contributed by atoms with Crippen molar-refractivity contribution >= 4 is 0 Å². The Morgan fingerprint density at radius 1 is 1.00 bits per heavy atom. The summed E-state index contributed by atoms with van der Waals surface area (Å²) in [4.78, 5) is 0. The zero-order chi connectivity index (χ0) is 9.45. The van der Waals surface area contributed by atoms with E-state index in [9.17, 15) is 0 Å². The lowest BCUT2D eigenvalue weighted by atomic mass is 10.2. The molecule has 0 spiro atoms.